The minimum atomic E-state index is -0.385. The van der Waals surface area contributed by atoms with Crippen LogP contribution in [0.2, 0.25) is 0 Å². The molecule has 4 nitrogen and oxygen atoms in total. The molecule has 86 valence electrons. The van der Waals surface area contributed by atoms with E-state index in [-0.39, 0.29) is 12.2 Å². The standard InChI is InChI=1S/C13H11NO3/c15-13-11-6-2-1-5-10(11)12(17-13)14-8-9-4-3-7-16-9/h1-7,12,14H,8H2. The number of furan rings is 1. The average molecular weight is 229 g/mol. The predicted octanol–water partition coefficient (Wildman–Crippen LogP) is 2.24. The Morgan fingerprint density at radius 2 is 2.06 bits per heavy atom. The van der Waals surface area contributed by atoms with Crippen molar-refractivity contribution in [3.63, 3.8) is 0 Å². The second kappa shape index (κ2) is 4.07. The fourth-order valence-corrected chi connectivity index (χ4v) is 1.90. The summed E-state index contributed by atoms with van der Waals surface area (Å²) in [6, 6.07) is 11.1. The zero-order valence-electron chi connectivity index (χ0n) is 9.05. The first kappa shape index (κ1) is 10.1. The monoisotopic (exact) mass is 229 g/mol. The highest BCUT2D eigenvalue weighted by molar-refractivity contribution is 5.93. The fraction of sp³-hybridized carbons (Fsp3) is 0.154. The number of ether oxygens (including phenoxy) is 1. The number of esters is 1. The van der Waals surface area contributed by atoms with Gasteiger partial charge in [0.25, 0.3) is 0 Å². The van der Waals surface area contributed by atoms with Gasteiger partial charge in [-0.1, -0.05) is 18.2 Å². The molecule has 1 aromatic heterocycles. The van der Waals surface area contributed by atoms with Gasteiger partial charge in [-0.25, -0.2) is 4.79 Å². The molecular weight excluding hydrogens is 218 g/mol. The summed E-state index contributed by atoms with van der Waals surface area (Å²) in [4.78, 5) is 11.6. The molecular formula is C13H11NO3. The predicted molar refractivity (Wildman–Crippen MR) is 60.1 cm³/mol. The van der Waals surface area contributed by atoms with Gasteiger partial charge in [-0.05, 0) is 18.2 Å². The Kier molecular flexibility index (Phi) is 2.42. The van der Waals surface area contributed by atoms with Crippen molar-refractivity contribution in [1.82, 2.24) is 5.32 Å². The molecule has 3 rings (SSSR count). The van der Waals surface area contributed by atoms with E-state index >= 15 is 0 Å². The SMILES string of the molecule is O=C1OC(NCc2ccco2)c2ccccc21. The lowest BCUT2D eigenvalue weighted by molar-refractivity contribution is 0.0299. The van der Waals surface area contributed by atoms with E-state index in [0.717, 1.165) is 11.3 Å². The van der Waals surface area contributed by atoms with Crippen molar-refractivity contribution in [1.29, 1.82) is 0 Å². The minimum Gasteiger partial charge on any atom is -0.468 e. The number of carbonyl (C=O) groups excluding carboxylic acids is 1. The molecule has 0 saturated carbocycles. The number of hydrogen-bond donors (Lipinski definition) is 1. The molecule has 2 aromatic rings. The van der Waals surface area contributed by atoms with Gasteiger partial charge in [0.2, 0.25) is 0 Å². The molecule has 0 bridgehead atoms. The molecule has 0 saturated heterocycles. The maximum Gasteiger partial charge on any atom is 0.340 e. The van der Waals surface area contributed by atoms with Crippen LogP contribution in [0.3, 0.4) is 0 Å². The van der Waals surface area contributed by atoms with Crippen molar-refractivity contribution in [3.8, 4) is 0 Å². The maximum atomic E-state index is 11.6. The zero-order valence-corrected chi connectivity index (χ0v) is 9.05. The Morgan fingerprint density at radius 1 is 1.18 bits per heavy atom. The second-order valence-electron chi connectivity index (χ2n) is 3.83. The average Bonchev–Trinajstić information content (AvgIpc) is 2.96. The third-order valence-corrected chi connectivity index (χ3v) is 2.73. The lowest BCUT2D eigenvalue weighted by Crippen LogP contribution is -2.20. The molecule has 0 fully saturated rings. The smallest absolute Gasteiger partial charge is 0.340 e. The van der Waals surface area contributed by atoms with Crippen LogP contribution in [0.4, 0.5) is 0 Å². The first-order chi connectivity index (χ1) is 8.34. The van der Waals surface area contributed by atoms with Gasteiger partial charge in [0.05, 0.1) is 18.4 Å². The number of rotatable bonds is 3. The molecule has 1 N–H and O–H groups in total. The van der Waals surface area contributed by atoms with Crippen molar-refractivity contribution in [3.05, 3.63) is 59.5 Å². The van der Waals surface area contributed by atoms with E-state index in [0.29, 0.717) is 12.1 Å². The van der Waals surface area contributed by atoms with Crippen molar-refractivity contribution in [2.75, 3.05) is 0 Å². The summed E-state index contributed by atoms with van der Waals surface area (Å²) in [6.07, 6.45) is 1.23. The van der Waals surface area contributed by atoms with Crippen molar-refractivity contribution in [2.24, 2.45) is 0 Å². The molecule has 1 atom stereocenters. The Hall–Kier alpha value is -2.07. The molecule has 1 aliphatic heterocycles. The van der Waals surface area contributed by atoms with Gasteiger partial charge < -0.3 is 9.15 Å². The highest BCUT2D eigenvalue weighted by Gasteiger charge is 2.29. The maximum absolute atomic E-state index is 11.6. The zero-order chi connectivity index (χ0) is 11.7. The van der Waals surface area contributed by atoms with Crippen LogP contribution in [0.5, 0.6) is 0 Å². The second-order valence-corrected chi connectivity index (χ2v) is 3.83. The normalized spacial score (nSPS) is 17.9. The molecule has 2 heterocycles. The molecule has 1 aromatic carbocycles. The molecule has 0 radical (unpaired) electrons. The van der Waals surface area contributed by atoms with Crippen molar-refractivity contribution < 1.29 is 13.9 Å². The fourth-order valence-electron chi connectivity index (χ4n) is 1.90. The lowest BCUT2D eigenvalue weighted by Gasteiger charge is -2.11. The van der Waals surface area contributed by atoms with Crippen LogP contribution in [0, 0.1) is 0 Å². The van der Waals surface area contributed by atoms with Crippen LogP contribution in [0.1, 0.15) is 27.9 Å². The number of hydrogen-bond acceptors (Lipinski definition) is 4. The third kappa shape index (κ3) is 1.83. The largest absolute Gasteiger partial charge is 0.468 e. The third-order valence-electron chi connectivity index (χ3n) is 2.73. The number of nitrogens with one attached hydrogen (secondary N) is 1. The molecule has 0 amide bonds. The van der Waals surface area contributed by atoms with E-state index in [4.69, 9.17) is 9.15 Å². The van der Waals surface area contributed by atoms with Gasteiger partial charge in [0, 0.05) is 5.56 Å². The van der Waals surface area contributed by atoms with Crippen LogP contribution in [-0.4, -0.2) is 5.97 Å². The van der Waals surface area contributed by atoms with Gasteiger partial charge in [0.15, 0.2) is 6.23 Å². The summed E-state index contributed by atoms with van der Waals surface area (Å²) < 4.78 is 10.4. The minimum absolute atomic E-state index is 0.280. The molecule has 17 heavy (non-hydrogen) atoms. The van der Waals surface area contributed by atoms with E-state index in [1.165, 1.54) is 0 Å². The lowest BCUT2D eigenvalue weighted by atomic mass is 10.1. The summed E-state index contributed by atoms with van der Waals surface area (Å²) in [5, 5.41) is 3.13. The Labute approximate surface area is 98.2 Å². The van der Waals surface area contributed by atoms with E-state index in [1.807, 2.05) is 30.3 Å². The molecule has 0 aliphatic carbocycles. The first-order valence-electron chi connectivity index (χ1n) is 5.40. The number of fused-ring (bicyclic) bond motifs is 1. The number of cyclic esters (lactones) is 1. The van der Waals surface area contributed by atoms with Gasteiger partial charge in [-0.15, -0.1) is 0 Å². The summed E-state index contributed by atoms with van der Waals surface area (Å²) in [5.74, 6) is 0.531. The van der Waals surface area contributed by atoms with Gasteiger partial charge in [-0.2, -0.15) is 0 Å². The topological polar surface area (TPSA) is 51.5 Å². The van der Waals surface area contributed by atoms with Crippen LogP contribution >= 0.6 is 0 Å². The highest BCUT2D eigenvalue weighted by atomic mass is 16.6. The van der Waals surface area contributed by atoms with Crippen molar-refractivity contribution >= 4 is 5.97 Å². The highest BCUT2D eigenvalue weighted by Crippen LogP contribution is 2.28. The number of benzene rings is 1. The van der Waals surface area contributed by atoms with E-state index in [9.17, 15) is 4.79 Å². The Morgan fingerprint density at radius 3 is 2.88 bits per heavy atom. The van der Waals surface area contributed by atoms with Crippen molar-refractivity contribution in [2.45, 2.75) is 12.8 Å². The van der Waals surface area contributed by atoms with Gasteiger partial charge in [0.1, 0.15) is 5.76 Å². The molecule has 1 unspecified atom stereocenters. The summed E-state index contributed by atoms with van der Waals surface area (Å²) in [7, 11) is 0. The number of carbonyl (C=O) groups is 1. The van der Waals surface area contributed by atoms with Gasteiger partial charge >= 0.3 is 5.97 Å². The van der Waals surface area contributed by atoms with Crippen LogP contribution in [0.15, 0.2) is 47.1 Å². The van der Waals surface area contributed by atoms with Crippen LogP contribution in [0.25, 0.3) is 0 Å². The van der Waals surface area contributed by atoms with Crippen LogP contribution < -0.4 is 5.32 Å². The van der Waals surface area contributed by atoms with E-state index < -0.39 is 0 Å². The molecule has 1 aliphatic rings. The summed E-state index contributed by atoms with van der Waals surface area (Å²) in [5.41, 5.74) is 1.51. The first-order valence-corrected chi connectivity index (χ1v) is 5.40. The quantitative estimate of drug-likeness (QED) is 0.820. The van der Waals surface area contributed by atoms with Crippen LogP contribution in [-0.2, 0) is 11.3 Å². The van der Waals surface area contributed by atoms with E-state index in [2.05, 4.69) is 5.32 Å². The van der Waals surface area contributed by atoms with Gasteiger partial charge in [-0.3, -0.25) is 5.32 Å². The molecule has 0 spiro atoms. The van der Waals surface area contributed by atoms with E-state index in [1.54, 1.807) is 12.3 Å². The molecule has 4 heteroatoms. The summed E-state index contributed by atoms with van der Waals surface area (Å²) in [6.45, 7) is 0.527. The Bertz CT molecular complexity index is 533. The Balaban J connectivity index is 1.76. The summed E-state index contributed by atoms with van der Waals surface area (Å²) >= 11 is 0.